The molecule has 1 aromatic carbocycles. The van der Waals surface area contributed by atoms with Gasteiger partial charge in [-0.1, -0.05) is 11.8 Å². The lowest BCUT2D eigenvalue weighted by molar-refractivity contribution is 0.177. The van der Waals surface area contributed by atoms with Gasteiger partial charge in [-0.3, -0.25) is 0 Å². The second-order valence-corrected chi connectivity index (χ2v) is 4.93. The molecule has 7 heteroatoms. The molecule has 0 aliphatic heterocycles. The fourth-order valence-corrected chi connectivity index (χ4v) is 2.40. The molecule has 0 radical (unpaired) electrons. The van der Waals surface area contributed by atoms with E-state index < -0.39 is 11.6 Å². The lowest BCUT2D eigenvalue weighted by Gasteiger charge is -2.07. The maximum Gasteiger partial charge on any atom is 0.157 e. The molecule has 0 atom stereocenters. The molecule has 1 N–H and O–H groups in total. The average Bonchev–Trinajstić information content (AvgIpc) is 2.43. The van der Waals surface area contributed by atoms with Gasteiger partial charge in [-0.2, -0.15) is 0 Å². The highest BCUT2D eigenvalue weighted by atomic mass is 32.2. The Bertz CT molecular complexity index is 610. The first-order valence-electron chi connectivity index (χ1n) is 5.80. The number of nitrogens with zero attached hydrogens (tertiary/aromatic N) is 2. The van der Waals surface area contributed by atoms with Gasteiger partial charge in [-0.25, -0.2) is 18.7 Å². The standard InChI is InChI=1S/C13H13F2N3OS/c1-16-11-6-13(18-12(17-11)7-19-2)20-10-5-8(14)3-4-9(10)15/h3-6H,7H2,1-2H3,(H,16,17,18). The number of methoxy groups -OCH3 is 1. The number of hydrogen-bond donors (Lipinski definition) is 1. The van der Waals surface area contributed by atoms with E-state index in [2.05, 4.69) is 15.3 Å². The van der Waals surface area contributed by atoms with E-state index in [4.69, 9.17) is 4.74 Å². The predicted molar refractivity (Wildman–Crippen MR) is 72.8 cm³/mol. The largest absolute Gasteiger partial charge is 0.377 e. The summed E-state index contributed by atoms with van der Waals surface area (Å²) in [4.78, 5) is 8.60. The molecule has 0 unspecified atom stereocenters. The van der Waals surface area contributed by atoms with Crippen LogP contribution in [-0.4, -0.2) is 24.1 Å². The van der Waals surface area contributed by atoms with E-state index in [1.165, 1.54) is 7.11 Å². The molecule has 0 amide bonds. The molecular weight excluding hydrogens is 284 g/mol. The molecule has 0 saturated heterocycles. The van der Waals surface area contributed by atoms with Crippen LogP contribution in [0.1, 0.15) is 5.82 Å². The number of halogens is 2. The van der Waals surface area contributed by atoms with Crippen LogP contribution in [0.4, 0.5) is 14.6 Å². The van der Waals surface area contributed by atoms with Crippen molar-refractivity contribution in [3.8, 4) is 0 Å². The van der Waals surface area contributed by atoms with Crippen molar-refractivity contribution >= 4 is 17.6 Å². The molecule has 0 aliphatic rings. The van der Waals surface area contributed by atoms with Crippen LogP contribution in [0.5, 0.6) is 0 Å². The van der Waals surface area contributed by atoms with Gasteiger partial charge in [0.25, 0.3) is 0 Å². The number of benzene rings is 1. The zero-order valence-electron chi connectivity index (χ0n) is 11.0. The minimum absolute atomic E-state index is 0.175. The van der Waals surface area contributed by atoms with E-state index in [-0.39, 0.29) is 11.5 Å². The fourth-order valence-electron chi connectivity index (χ4n) is 1.51. The molecule has 1 aromatic heterocycles. The molecule has 0 bridgehead atoms. The van der Waals surface area contributed by atoms with Crippen LogP contribution in [0, 0.1) is 11.6 Å². The lowest BCUT2D eigenvalue weighted by atomic mass is 10.3. The molecule has 0 saturated carbocycles. The Morgan fingerprint density at radius 2 is 2.05 bits per heavy atom. The summed E-state index contributed by atoms with van der Waals surface area (Å²) < 4.78 is 31.7. The summed E-state index contributed by atoms with van der Waals surface area (Å²) in [7, 11) is 3.25. The highest BCUT2D eigenvalue weighted by molar-refractivity contribution is 7.99. The number of ether oxygens (including phenoxy) is 1. The second-order valence-electron chi connectivity index (χ2n) is 3.87. The van der Waals surface area contributed by atoms with E-state index in [0.717, 1.165) is 30.0 Å². The molecule has 0 spiro atoms. The normalized spacial score (nSPS) is 10.6. The van der Waals surface area contributed by atoms with Gasteiger partial charge in [0.2, 0.25) is 0 Å². The van der Waals surface area contributed by atoms with Crippen LogP contribution in [0.2, 0.25) is 0 Å². The molecule has 20 heavy (non-hydrogen) atoms. The highest BCUT2D eigenvalue weighted by Crippen LogP contribution is 2.30. The zero-order valence-corrected chi connectivity index (χ0v) is 11.8. The SMILES string of the molecule is CNc1cc(Sc2cc(F)ccc2F)nc(COC)n1. The van der Waals surface area contributed by atoms with Crippen molar-refractivity contribution in [1.82, 2.24) is 9.97 Å². The summed E-state index contributed by atoms with van der Waals surface area (Å²) in [6.07, 6.45) is 0. The Balaban J connectivity index is 2.32. The van der Waals surface area contributed by atoms with Crippen LogP contribution in [-0.2, 0) is 11.3 Å². The highest BCUT2D eigenvalue weighted by Gasteiger charge is 2.10. The van der Waals surface area contributed by atoms with E-state index in [0.29, 0.717) is 16.7 Å². The number of anilines is 1. The fraction of sp³-hybridized carbons (Fsp3) is 0.231. The van der Waals surface area contributed by atoms with Crippen LogP contribution < -0.4 is 5.32 Å². The molecule has 0 fully saturated rings. The summed E-state index contributed by atoms with van der Waals surface area (Å²) in [5.74, 6) is 0.0771. The molecule has 2 rings (SSSR count). The molecule has 0 aliphatic carbocycles. The predicted octanol–water partition coefficient (Wildman–Crippen LogP) is 3.09. The van der Waals surface area contributed by atoms with Gasteiger partial charge < -0.3 is 10.1 Å². The van der Waals surface area contributed by atoms with Crippen molar-refractivity contribution in [2.24, 2.45) is 0 Å². The van der Waals surface area contributed by atoms with Gasteiger partial charge in [0.1, 0.15) is 29.1 Å². The van der Waals surface area contributed by atoms with Crippen LogP contribution in [0.3, 0.4) is 0 Å². The Morgan fingerprint density at radius 3 is 2.75 bits per heavy atom. The quantitative estimate of drug-likeness (QED) is 0.859. The smallest absolute Gasteiger partial charge is 0.157 e. The number of hydrogen-bond acceptors (Lipinski definition) is 5. The maximum atomic E-state index is 13.6. The first-order chi connectivity index (χ1) is 9.62. The van der Waals surface area contributed by atoms with Crippen LogP contribution in [0.15, 0.2) is 34.2 Å². The van der Waals surface area contributed by atoms with Gasteiger partial charge in [-0.05, 0) is 18.2 Å². The first-order valence-corrected chi connectivity index (χ1v) is 6.61. The molecule has 4 nitrogen and oxygen atoms in total. The molecule has 106 valence electrons. The second kappa shape index (κ2) is 6.62. The monoisotopic (exact) mass is 297 g/mol. The Morgan fingerprint density at radius 1 is 1.25 bits per heavy atom. The van der Waals surface area contributed by atoms with Crippen LogP contribution >= 0.6 is 11.8 Å². The molecule has 2 aromatic rings. The van der Waals surface area contributed by atoms with Gasteiger partial charge in [0.15, 0.2) is 5.82 Å². The van der Waals surface area contributed by atoms with Crippen molar-refractivity contribution in [1.29, 1.82) is 0 Å². The topological polar surface area (TPSA) is 47.0 Å². The number of aromatic nitrogens is 2. The van der Waals surface area contributed by atoms with E-state index in [9.17, 15) is 8.78 Å². The van der Waals surface area contributed by atoms with Crippen molar-refractivity contribution in [2.75, 3.05) is 19.5 Å². The number of nitrogens with one attached hydrogen (secondary N) is 1. The Kier molecular flexibility index (Phi) is 4.86. The summed E-state index contributed by atoms with van der Waals surface area (Å²) in [6, 6.07) is 4.97. The van der Waals surface area contributed by atoms with E-state index in [1.807, 2.05) is 0 Å². The van der Waals surface area contributed by atoms with Crippen molar-refractivity contribution in [3.63, 3.8) is 0 Å². The summed E-state index contributed by atoms with van der Waals surface area (Å²) in [5, 5.41) is 3.40. The third-order valence-corrected chi connectivity index (χ3v) is 3.34. The Hall–Kier alpha value is -1.73. The van der Waals surface area contributed by atoms with Gasteiger partial charge in [-0.15, -0.1) is 0 Å². The zero-order chi connectivity index (χ0) is 14.5. The summed E-state index contributed by atoms with van der Waals surface area (Å²) in [6.45, 7) is 0.245. The minimum atomic E-state index is -0.492. The lowest BCUT2D eigenvalue weighted by Crippen LogP contribution is -2.02. The summed E-state index contributed by atoms with van der Waals surface area (Å²) in [5.41, 5.74) is 0. The molecular formula is C13H13F2N3OS. The summed E-state index contributed by atoms with van der Waals surface area (Å²) >= 11 is 1.04. The van der Waals surface area contributed by atoms with Gasteiger partial charge in [0.05, 0.1) is 4.90 Å². The Labute approximate surface area is 119 Å². The average molecular weight is 297 g/mol. The molecule has 1 heterocycles. The third-order valence-electron chi connectivity index (χ3n) is 2.39. The van der Waals surface area contributed by atoms with E-state index in [1.54, 1.807) is 13.1 Å². The minimum Gasteiger partial charge on any atom is -0.377 e. The maximum absolute atomic E-state index is 13.6. The van der Waals surface area contributed by atoms with Crippen LogP contribution in [0.25, 0.3) is 0 Å². The van der Waals surface area contributed by atoms with Crippen molar-refractivity contribution in [2.45, 2.75) is 16.5 Å². The third kappa shape index (κ3) is 3.64. The van der Waals surface area contributed by atoms with Gasteiger partial charge >= 0.3 is 0 Å². The van der Waals surface area contributed by atoms with Gasteiger partial charge in [0, 0.05) is 20.2 Å². The van der Waals surface area contributed by atoms with Crippen molar-refractivity contribution < 1.29 is 13.5 Å². The van der Waals surface area contributed by atoms with E-state index >= 15 is 0 Å². The first kappa shape index (κ1) is 14.7. The van der Waals surface area contributed by atoms with Crippen molar-refractivity contribution in [3.05, 3.63) is 41.7 Å². The number of rotatable bonds is 5.